The third-order valence-corrected chi connectivity index (χ3v) is 8.08. The minimum atomic E-state index is 0.463. The Kier molecular flexibility index (Phi) is 6.41. The second-order valence-corrected chi connectivity index (χ2v) is 9.93. The quantitative estimate of drug-likeness (QED) is 0.556. The van der Waals surface area contributed by atoms with Gasteiger partial charge in [-0.15, -0.1) is 0 Å². The summed E-state index contributed by atoms with van der Waals surface area (Å²) in [5.41, 5.74) is 3.41. The van der Waals surface area contributed by atoms with Crippen LogP contribution in [0.25, 0.3) is 0 Å². The van der Waals surface area contributed by atoms with Crippen LogP contribution in [0.2, 0.25) is 0 Å². The summed E-state index contributed by atoms with van der Waals surface area (Å²) in [6.45, 7) is 10.6. The number of hydrogen-bond acceptors (Lipinski definition) is 2. The number of hydrogen-bond donors (Lipinski definition) is 2. The van der Waals surface area contributed by atoms with Gasteiger partial charge in [0.25, 0.3) is 0 Å². The van der Waals surface area contributed by atoms with Gasteiger partial charge in [-0.05, 0) is 60.1 Å². The van der Waals surface area contributed by atoms with E-state index in [0.29, 0.717) is 11.3 Å². The molecule has 1 unspecified atom stereocenters. The molecule has 4 atom stereocenters. The molecule has 5 rings (SSSR count). The molecule has 2 aromatic rings. The van der Waals surface area contributed by atoms with Crippen molar-refractivity contribution in [3.63, 3.8) is 0 Å². The van der Waals surface area contributed by atoms with Gasteiger partial charge in [0.15, 0.2) is 0 Å². The first-order valence-electron chi connectivity index (χ1n) is 11.6. The van der Waals surface area contributed by atoms with Crippen LogP contribution in [0.15, 0.2) is 60.7 Å². The summed E-state index contributed by atoms with van der Waals surface area (Å²) >= 11 is 0. The lowest BCUT2D eigenvalue weighted by atomic mass is 9.45. The molecule has 3 saturated carbocycles. The largest absolute Gasteiger partial charge is 0.315 e. The van der Waals surface area contributed by atoms with E-state index in [1.807, 2.05) is 0 Å². The van der Waals surface area contributed by atoms with Gasteiger partial charge >= 0.3 is 0 Å². The van der Waals surface area contributed by atoms with Crippen LogP contribution in [0.5, 0.6) is 0 Å². The Morgan fingerprint density at radius 2 is 1.48 bits per heavy atom. The summed E-state index contributed by atoms with van der Waals surface area (Å²) in [5, 5.41) is 7.54. The summed E-state index contributed by atoms with van der Waals surface area (Å²) in [4.78, 5) is 0. The molecule has 2 aromatic carbocycles. The Morgan fingerprint density at radius 3 is 2.03 bits per heavy atom. The van der Waals surface area contributed by atoms with Crippen molar-refractivity contribution in [3.8, 4) is 0 Å². The van der Waals surface area contributed by atoms with Crippen molar-refractivity contribution in [3.05, 3.63) is 71.8 Å². The van der Waals surface area contributed by atoms with Crippen LogP contribution in [0.3, 0.4) is 0 Å². The molecule has 2 N–H and O–H groups in total. The molecule has 156 valence electrons. The second kappa shape index (κ2) is 9.02. The van der Waals surface area contributed by atoms with E-state index in [9.17, 15) is 0 Å². The molecule has 0 aliphatic heterocycles. The fraction of sp³-hybridized carbons (Fsp3) is 0.556. The van der Waals surface area contributed by atoms with Gasteiger partial charge in [0.05, 0.1) is 0 Å². The predicted octanol–water partition coefficient (Wildman–Crippen LogP) is 5.46. The van der Waals surface area contributed by atoms with Gasteiger partial charge in [0.1, 0.15) is 0 Å². The highest BCUT2D eigenvalue weighted by Gasteiger charge is 2.55. The minimum absolute atomic E-state index is 0.463. The maximum Gasteiger partial charge on any atom is 0.0101 e. The Morgan fingerprint density at radius 1 is 0.862 bits per heavy atom. The molecule has 0 saturated heterocycles. The number of benzene rings is 2. The first-order chi connectivity index (χ1) is 14.1. The Balaban J connectivity index is 1.21. The van der Waals surface area contributed by atoms with Crippen LogP contribution >= 0.6 is 0 Å². The van der Waals surface area contributed by atoms with Crippen molar-refractivity contribution in [2.75, 3.05) is 19.6 Å². The first-order valence-corrected chi connectivity index (χ1v) is 11.6. The van der Waals surface area contributed by atoms with E-state index in [-0.39, 0.29) is 0 Å². The van der Waals surface area contributed by atoms with Gasteiger partial charge in [-0.25, -0.2) is 0 Å². The van der Waals surface area contributed by atoms with E-state index in [2.05, 4.69) is 92.1 Å². The van der Waals surface area contributed by atoms with Gasteiger partial charge in [-0.2, -0.15) is 0 Å². The molecule has 0 heterocycles. The monoisotopic (exact) mass is 390 g/mol. The van der Waals surface area contributed by atoms with Gasteiger partial charge < -0.3 is 10.6 Å². The molecular formula is C27H38N2. The number of rotatable bonds is 9. The summed E-state index contributed by atoms with van der Waals surface area (Å²) in [7, 11) is 0. The second-order valence-electron chi connectivity index (χ2n) is 9.93. The highest BCUT2D eigenvalue weighted by Crippen LogP contribution is 2.61. The van der Waals surface area contributed by atoms with Crippen molar-refractivity contribution >= 4 is 0 Å². The maximum atomic E-state index is 3.86. The molecule has 29 heavy (non-hydrogen) atoms. The van der Waals surface area contributed by atoms with Crippen LogP contribution < -0.4 is 10.6 Å². The molecular weight excluding hydrogens is 352 g/mol. The predicted molar refractivity (Wildman–Crippen MR) is 123 cm³/mol. The normalized spacial score (nSPS) is 27.6. The molecule has 3 aliphatic rings. The SMILES string of the molecule is C[C@H]1[C@H](NCCNCCC(c2ccccc2)c2ccccc2)CC2C[C@@H]1C2(C)C. The molecule has 3 aliphatic carbocycles. The molecule has 0 aromatic heterocycles. The van der Waals surface area contributed by atoms with Crippen molar-refractivity contribution in [2.24, 2.45) is 23.2 Å². The van der Waals surface area contributed by atoms with E-state index >= 15 is 0 Å². The maximum absolute atomic E-state index is 3.86. The minimum Gasteiger partial charge on any atom is -0.315 e. The summed E-state index contributed by atoms with van der Waals surface area (Å²) in [6, 6.07) is 22.6. The van der Waals surface area contributed by atoms with Crippen LogP contribution in [-0.4, -0.2) is 25.7 Å². The van der Waals surface area contributed by atoms with Crippen LogP contribution in [0.4, 0.5) is 0 Å². The third kappa shape index (κ3) is 4.44. The first kappa shape index (κ1) is 20.6. The molecule has 0 radical (unpaired) electrons. The Hall–Kier alpha value is -1.64. The Labute approximate surface area is 177 Å². The summed E-state index contributed by atoms with van der Waals surface area (Å²) in [6.07, 6.45) is 3.96. The average molecular weight is 391 g/mol. The van der Waals surface area contributed by atoms with E-state index in [1.165, 1.54) is 24.0 Å². The lowest BCUT2D eigenvalue weighted by Gasteiger charge is -2.62. The van der Waals surface area contributed by atoms with Crippen molar-refractivity contribution in [1.82, 2.24) is 10.6 Å². The summed E-state index contributed by atoms with van der Waals surface area (Å²) in [5.74, 6) is 3.14. The molecule has 2 bridgehead atoms. The lowest BCUT2D eigenvalue weighted by molar-refractivity contribution is -0.114. The van der Waals surface area contributed by atoms with Crippen molar-refractivity contribution < 1.29 is 0 Å². The molecule has 2 nitrogen and oxygen atoms in total. The fourth-order valence-electron chi connectivity index (χ4n) is 6.03. The molecule has 2 heteroatoms. The molecule has 0 amide bonds. The van der Waals surface area contributed by atoms with Gasteiger partial charge in [0.2, 0.25) is 0 Å². The molecule has 3 fully saturated rings. The van der Waals surface area contributed by atoms with Crippen molar-refractivity contribution in [2.45, 2.75) is 52.0 Å². The fourth-order valence-corrected chi connectivity index (χ4v) is 6.03. The zero-order valence-electron chi connectivity index (χ0n) is 18.4. The highest BCUT2D eigenvalue weighted by atomic mass is 15.0. The topological polar surface area (TPSA) is 24.1 Å². The van der Waals surface area contributed by atoms with E-state index < -0.39 is 0 Å². The van der Waals surface area contributed by atoms with E-state index in [1.54, 1.807) is 0 Å². The highest BCUT2D eigenvalue weighted by molar-refractivity contribution is 5.32. The van der Waals surface area contributed by atoms with Gasteiger partial charge in [-0.1, -0.05) is 81.4 Å². The van der Waals surface area contributed by atoms with Crippen LogP contribution in [-0.2, 0) is 0 Å². The Bertz CT molecular complexity index is 715. The lowest BCUT2D eigenvalue weighted by Crippen LogP contribution is -2.60. The molecule has 0 spiro atoms. The number of fused-ring (bicyclic) bond motifs is 2. The zero-order chi connectivity index (χ0) is 20.3. The van der Waals surface area contributed by atoms with Crippen molar-refractivity contribution in [1.29, 1.82) is 0 Å². The number of nitrogens with one attached hydrogen (secondary N) is 2. The average Bonchev–Trinajstić information content (AvgIpc) is 2.75. The zero-order valence-corrected chi connectivity index (χ0v) is 18.4. The van der Waals surface area contributed by atoms with Crippen LogP contribution in [0, 0.1) is 23.2 Å². The van der Waals surface area contributed by atoms with Gasteiger partial charge in [0, 0.05) is 25.0 Å². The standard InChI is InChI=1S/C27H38N2/c1-20-25-18-23(27(25,2)3)19-26(20)29-17-16-28-15-14-24(21-10-6-4-7-11-21)22-12-8-5-9-13-22/h4-13,20,23-26,28-29H,14-19H2,1-3H3/t20-,23?,25+,26-/m1/s1. The third-order valence-electron chi connectivity index (χ3n) is 8.08. The van der Waals surface area contributed by atoms with Crippen LogP contribution in [0.1, 0.15) is 57.1 Å². The van der Waals surface area contributed by atoms with Gasteiger partial charge in [-0.3, -0.25) is 0 Å². The van der Waals surface area contributed by atoms with E-state index in [4.69, 9.17) is 0 Å². The summed E-state index contributed by atoms with van der Waals surface area (Å²) < 4.78 is 0. The smallest absolute Gasteiger partial charge is 0.0101 e. The van der Waals surface area contributed by atoms with E-state index in [0.717, 1.165) is 49.9 Å².